The van der Waals surface area contributed by atoms with Crippen LogP contribution < -0.4 is 9.80 Å². The first kappa shape index (κ1) is 22.7. The molecule has 0 N–H and O–H groups in total. The summed E-state index contributed by atoms with van der Waals surface area (Å²) in [7, 11) is 0. The highest BCUT2D eigenvalue weighted by Gasteiger charge is 2.24. The predicted octanol–water partition coefficient (Wildman–Crippen LogP) is 3.29. The number of carbonyl (C=O) groups excluding carboxylic acids is 1. The van der Waals surface area contributed by atoms with Crippen molar-refractivity contribution in [2.45, 2.75) is 40.0 Å². The Bertz CT molecular complexity index is 926. The van der Waals surface area contributed by atoms with Crippen molar-refractivity contribution < 1.29 is 4.79 Å². The van der Waals surface area contributed by atoms with Gasteiger partial charge < -0.3 is 9.80 Å². The molecule has 164 valence electrons. The molecule has 3 rings (SSSR count). The number of piperazine rings is 1. The highest BCUT2D eigenvalue weighted by atomic mass is 16.2. The Hall–Kier alpha value is -2.98. The zero-order valence-corrected chi connectivity index (χ0v) is 19.0. The summed E-state index contributed by atoms with van der Waals surface area (Å²) in [4.78, 5) is 28.5. The zero-order valence-electron chi connectivity index (χ0n) is 19.0. The van der Waals surface area contributed by atoms with Crippen LogP contribution in [0.3, 0.4) is 0 Å². The van der Waals surface area contributed by atoms with Gasteiger partial charge in [0.15, 0.2) is 0 Å². The summed E-state index contributed by atoms with van der Waals surface area (Å²) in [5.74, 6) is 2.17. The first-order valence-corrected chi connectivity index (χ1v) is 10.9. The van der Waals surface area contributed by atoms with Crippen molar-refractivity contribution in [1.29, 1.82) is 5.26 Å². The van der Waals surface area contributed by atoms with E-state index in [1.807, 2.05) is 44.2 Å². The maximum atomic E-state index is 13.1. The Morgan fingerprint density at radius 3 is 2.42 bits per heavy atom. The number of benzene rings is 1. The number of hydrogen-bond acceptors (Lipinski definition) is 6. The Kier molecular flexibility index (Phi) is 7.59. The average Bonchev–Trinajstić information content (AvgIpc) is 2.75. The Morgan fingerprint density at radius 2 is 1.81 bits per heavy atom. The minimum Gasteiger partial charge on any atom is -0.354 e. The van der Waals surface area contributed by atoms with Gasteiger partial charge in [-0.2, -0.15) is 5.26 Å². The molecule has 1 aliphatic rings. The second-order valence-electron chi connectivity index (χ2n) is 8.43. The van der Waals surface area contributed by atoms with E-state index in [-0.39, 0.29) is 5.91 Å². The van der Waals surface area contributed by atoms with Gasteiger partial charge in [-0.1, -0.05) is 31.5 Å². The maximum Gasteiger partial charge on any atom is 0.241 e. The van der Waals surface area contributed by atoms with Crippen molar-refractivity contribution in [3.63, 3.8) is 0 Å². The van der Waals surface area contributed by atoms with Crippen LogP contribution in [0, 0.1) is 25.2 Å². The SMILES string of the molecule is Cc1ccc(N(CCC#N)C(=O)CN2CCN(c3cc(C)nc(C(C)C)n3)CC2)cc1. The van der Waals surface area contributed by atoms with E-state index in [9.17, 15) is 4.79 Å². The molecule has 2 heterocycles. The fraction of sp³-hybridized carbons (Fsp3) is 0.500. The summed E-state index contributed by atoms with van der Waals surface area (Å²) in [6.45, 7) is 12.2. The topological polar surface area (TPSA) is 76.4 Å². The van der Waals surface area contributed by atoms with Crippen molar-refractivity contribution in [2.24, 2.45) is 0 Å². The third-order valence-electron chi connectivity index (χ3n) is 5.52. The lowest BCUT2D eigenvalue weighted by atomic mass is 10.2. The number of amides is 1. The van der Waals surface area contributed by atoms with Crippen LogP contribution >= 0.6 is 0 Å². The molecule has 0 aliphatic carbocycles. The quantitative estimate of drug-likeness (QED) is 0.684. The highest BCUT2D eigenvalue weighted by Crippen LogP contribution is 2.20. The number of anilines is 2. The number of aromatic nitrogens is 2. The number of hydrogen-bond donors (Lipinski definition) is 0. The summed E-state index contributed by atoms with van der Waals surface area (Å²) < 4.78 is 0. The van der Waals surface area contributed by atoms with E-state index in [0.29, 0.717) is 25.4 Å². The van der Waals surface area contributed by atoms with E-state index in [1.165, 1.54) is 0 Å². The summed E-state index contributed by atoms with van der Waals surface area (Å²) in [6.07, 6.45) is 0.318. The van der Waals surface area contributed by atoms with Crippen LogP contribution in [0.1, 0.15) is 43.3 Å². The predicted molar refractivity (Wildman–Crippen MR) is 123 cm³/mol. The molecule has 0 spiro atoms. The van der Waals surface area contributed by atoms with Gasteiger partial charge in [-0.3, -0.25) is 9.69 Å². The summed E-state index contributed by atoms with van der Waals surface area (Å²) >= 11 is 0. The molecule has 1 aliphatic heterocycles. The number of aryl methyl sites for hydroxylation is 2. The maximum absolute atomic E-state index is 13.1. The van der Waals surface area contributed by atoms with Crippen molar-refractivity contribution in [3.05, 3.63) is 47.4 Å². The van der Waals surface area contributed by atoms with Crippen LogP contribution in [0.15, 0.2) is 30.3 Å². The van der Waals surface area contributed by atoms with Gasteiger partial charge in [0.2, 0.25) is 5.91 Å². The Morgan fingerprint density at radius 1 is 1.13 bits per heavy atom. The summed E-state index contributed by atoms with van der Waals surface area (Å²) in [6, 6.07) is 12.1. The first-order valence-electron chi connectivity index (χ1n) is 10.9. The molecule has 1 aromatic heterocycles. The van der Waals surface area contributed by atoms with Gasteiger partial charge in [-0.15, -0.1) is 0 Å². The van der Waals surface area contributed by atoms with Crippen LogP contribution in [-0.4, -0.2) is 60.0 Å². The van der Waals surface area contributed by atoms with Crippen molar-refractivity contribution in [2.75, 3.05) is 49.1 Å². The normalized spacial score (nSPS) is 14.5. The lowest BCUT2D eigenvalue weighted by Crippen LogP contribution is -2.50. The molecule has 31 heavy (non-hydrogen) atoms. The van der Waals surface area contributed by atoms with Gasteiger partial charge in [0, 0.05) is 56.1 Å². The van der Waals surface area contributed by atoms with Crippen LogP contribution in [-0.2, 0) is 4.79 Å². The standard InChI is InChI=1S/C24H32N6O/c1-18(2)24-26-20(4)16-22(27-24)29-14-12-28(13-15-29)17-23(31)30(11-5-10-25)21-8-6-19(3)7-9-21/h6-9,16,18H,5,11-15,17H2,1-4H3. The summed E-state index contributed by atoms with van der Waals surface area (Å²) in [5.41, 5.74) is 2.98. The van der Waals surface area contributed by atoms with E-state index >= 15 is 0 Å². The third kappa shape index (κ3) is 6.02. The van der Waals surface area contributed by atoms with Gasteiger partial charge in [-0.25, -0.2) is 9.97 Å². The Labute approximate surface area is 185 Å². The molecule has 0 bridgehead atoms. The van der Waals surface area contributed by atoms with Gasteiger partial charge in [0.05, 0.1) is 19.0 Å². The van der Waals surface area contributed by atoms with Crippen molar-refractivity contribution in [1.82, 2.24) is 14.9 Å². The van der Waals surface area contributed by atoms with Crippen molar-refractivity contribution >= 4 is 17.4 Å². The van der Waals surface area contributed by atoms with Crippen LogP contribution in [0.25, 0.3) is 0 Å². The van der Waals surface area contributed by atoms with E-state index in [1.54, 1.807) is 4.90 Å². The molecule has 0 atom stereocenters. The monoisotopic (exact) mass is 420 g/mol. The molecule has 0 radical (unpaired) electrons. The fourth-order valence-corrected chi connectivity index (χ4v) is 3.69. The third-order valence-corrected chi connectivity index (χ3v) is 5.52. The molecule has 1 fully saturated rings. The van der Waals surface area contributed by atoms with Gasteiger partial charge >= 0.3 is 0 Å². The average molecular weight is 421 g/mol. The van der Waals surface area contributed by atoms with E-state index in [2.05, 4.69) is 34.7 Å². The van der Waals surface area contributed by atoms with Gasteiger partial charge in [0.1, 0.15) is 11.6 Å². The molecule has 2 aromatic rings. The molecule has 7 heteroatoms. The summed E-state index contributed by atoms with van der Waals surface area (Å²) in [5, 5.41) is 9.01. The Balaban J connectivity index is 1.62. The minimum absolute atomic E-state index is 0.0347. The lowest BCUT2D eigenvalue weighted by molar-refractivity contribution is -0.119. The number of nitriles is 1. The molecule has 1 saturated heterocycles. The largest absolute Gasteiger partial charge is 0.354 e. The molecular formula is C24H32N6O. The molecule has 1 amide bonds. The van der Waals surface area contributed by atoms with Crippen LogP contribution in [0.2, 0.25) is 0 Å². The van der Waals surface area contributed by atoms with Gasteiger partial charge in [-0.05, 0) is 26.0 Å². The molecular weight excluding hydrogens is 388 g/mol. The van der Waals surface area contributed by atoms with Crippen molar-refractivity contribution in [3.8, 4) is 6.07 Å². The van der Waals surface area contributed by atoms with E-state index < -0.39 is 0 Å². The first-order chi connectivity index (χ1) is 14.9. The smallest absolute Gasteiger partial charge is 0.241 e. The fourth-order valence-electron chi connectivity index (χ4n) is 3.69. The molecule has 7 nitrogen and oxygen atoms in total. The van der Waals surface area contributed by atoms with Crippen LogP contribution in [0.5, 0.6) is 0 Å². The minimum atomic E-state index is 0.0347. The molecule has 0 unspecified atom stereocenters. The second-order valence-corrected chi connectivity index (χ2v) is 8.43. The molecule has 0 saturated carbocycles. The van der Waals surface area contributed by atoms with E-state index in [0.717, 1.165) is 54.8 Å². The highest BCUT2D eigenvalue weighted by molar-refractivity contribution is 5.94. The van der Waals surface area contributed by atoms with Gasteiger partial charge in [0.25, 0.3) is 0 Å². The lowest BCUT2D eigenvalue weighted by Gasteiger charge is -2.36. The number of nitrogens with zero attached hydrogens (tertiary/aromatic N) is 6. The van der Waals surface area contributed by atoms with E-state index in [4.69, 9.17) is 10.2 Å². The number of rotatable bonds is 7. The zero-order chi connectivity index (χ0) is 22.4. The second kappa shape index (κ2) is 10.4. The number of carbonyl (C=O) groups is 1. The molecule has 1 aromatic carbocycles. The van der Waals surface area contributed by atoms with Crippen LogP contribution in [0.4, 0.5) is 11.5 Å².